The highest BCUT2D eigenvalue weighted by Gasteiger charge is 2.48. The van der Waals surface area contributed by atoms with Crippen LogP contribution in [0.2, 0.25) is 5.02 Å². The van der Waals surface area contributed by atoms with E-state index in [9.17, 15) is 9.59 Å². The number of nitrogens with zero attached hydrogens (tertiary/aromatic N) is 1. The molecule has 5 heteroatoms. The topological polar surface area (TPSA) is 37.4 Å². The van der Waals surface area contributed by atoms with Crippen LogP contribution in [-0.4, -0.2) is 11.8 Å². The van der Waals surface area contributed by atoms with Gasteiger partial charge in [-0.3, -0.25) is 14.5 Å². The Hall–Kier alpha value is -1.78. The van der Waals surface area contributed by atoms with Crippen molar-refractivity contribution in [1.82, 2.24) is 0 Å². The van der Waals surface area contributed by atoms with Gasteiger partial charge in [0, 0.05) is 14.8 Å². The van der Waals surface area contributed by atoms with Crippen LogP contribution in [0.25, 0.3) is 0 Å². The smallest absolute Gasteiger partial charge is 0.237 e. The van der Waals surface area contributed by atoms with E-state index in [0.29, 0.717) is 10.7 Å². The van der Waals surface area contributed by atoms with Gasteiger partial charge in [0.05, 0.1) is 17.5 Å². The summed E-state index contributed by atoms with van der Waals surface area (Å²) in [6, 6.07) is 15.3. The number of hydrogen-bond donors (Lipinski definition) is 0. The maximum absolute atomic E-state index is 12.6. The largest absolute Gasteiger partial charge is 0.274 e. The maximum Gasteiger partial charge on any atom is 0.237 e. The Morgan fingerprint density at radius 3 is 1.80 bits per heavy atom. The SMILES string of the molecule is O=C1C2CCCCC2C(=O)N1c1ccc(Sc2ccc(Cl)cc2)cc1. The third-order valence-corrected chi connectivity index (χ3v) is 6.25. The lowest BCUT2D eigenvalue weighted by Gasteiger charge is -2.19. The molecule has 1 saturated heterocycles. The fourth-order valence-corrected chi connectivity index (χ4v) is 4.66. The first kappa shape index (κ1) is 16.7. The second kappa shape index (κ2) is 6.85. The van der Waals surface area contributed by atoms with E-state index in [-0.39, 0.29) is 23.7 Å². The van der Waals surface area contributed by atoms with Crippen molar-refractivity contribution < 1.29 is 9.59 Å². The molecule has 25 heavy (non-hydrogen) atoms. The van der Waals surface area contributed by atoms with Gasteiger partial charge in [-0.15, -0.1) is 0 Å². The molecule has 2 amide bonds. The number of benzene rings is 2. The van der Waals surface area contributed by atoms with E-state index in [1.165, 1.54) is 4.90 Å². The second-order valence-corrected chi connectivity index (χ2v) is 8.14. The van der Waals surface area contributed by atoms with Gasteiger partial charge in [-0.05, 0) is 61.4 Å². The minimum atomic E-state index is -0.107. The number of halogens is 1. The molecule has 2 aliphatic rings. The number of rotatable bonds is 3. The van der Waals surface area contributed by atoms with Crippen LogP contribution in [0.5, 0.6) is 0 Å². The normalized spacial score (nSPS) is 23.0. The van der Waals surface area contributed by atoms with Crippen LogP contribution < -0.4 is 4.90 Å². The zero-order chi connectivity index (χ0) is 17.4. The lowest BCUT2D eigenvalue weighted by molar-refractivity contribution is -0.122. The number of amides is 2. The molecule has 2 fully saturated rings. The van der Waals surface area contributed by atoms with Crippen molar-refractivity contribution in [3.63, 3.8) is 0 Å². The first-order chi connectivity index (χ1) is 12.1. The molecule has 128 valence electrons. The Labute approximate surface area is 156 Å². The van der Waals surface area contributed by atoms with Crippen LogP contribution in [0.3, 0.4) is 0 Å². The molecule has 2 aromatic rings. The van der Waals surface area contributed by atoms with Gasteiger partial charge in [0.15, 0.2) is 0 Å². The number of imide groups is 1. The van der Waals surface area contributed by atoms with Crippen molar-refractivity contribution in [2.75, 3.05) is 4.90 Å². The maximum atomic E-state index is 12.6. The monoisotopic (exact) mass is 371 g/mol. The summed E-state index contributed by atoms with van der Waals surface area (Å²) in [4.78, 5) is 28.8. The molecule has 1 aliphatic carbocycles. The summed E-state index contributed by atoms with van der Waals surface area (Å²) in [5.74, 6) is -0.255. The molecule has 0 N–H and O–H groups in total. The molecule has 4 rings (SSSR count). The van der Waals surface area contributed by atoms with Gasteiger partial charge in [-0.2, -0.15) is 0 Å². The Kier molecular flexibility index (Phi) is 4.57. The lowest BCUT2D eigenvalue weighted by Crippen LogP contribution is -2.30. The first-order valence-corrected chi connectivity index (χ1v) is 9.74. The Morgan fingerprint density at radius 2 is 1.28 bits per heavy atom. The molecule has 3 nitrogen and oxygen atoms in total. The van der Waals surface area contributed by atoms with Gasteiger partial charge in [-0.1, -0.05) is 36.2 Å². The van der Waals surface area contributed by atoms with Gasteiger partial charge in [0.2, 0.25) is 11.8 Å². The average Bonchev–Trinajstić information content (AvgIpc) is 2.89. The fraction of sp³-hybridized carbons (Fsp3) is 0.300. The van der Waals surface area contributed by atoms with Crippen molar-refractivity contribution in [2.24, 2.45) is 11.8 Å². The molecule has 2 atom stereocenters. The van der Waals surface area contributed by atoms with Crippen molar-refractivity contribution in [3.05, 3.63) is 53.6 Å². The Morgan fingerprint density at radius 1 is 0.800 bits per heavy atom. The van der Waals surface area contributed by atoms with Crippen molar-refractivity contribution in [1.29, 1.82) is 0 Å². The Balaban J connectivity index is 1.53. The molecule has 0 aromatic heterocycles. The molecule has 0 spiro atoms. The zero-order valence-corrected chi connectivity index (χ0v) is 15.2. The third kappa shape index (κ3) is 3.21. The van der Waals surface area contributed by atoms with E-state index in [0.717, 1.165) is 35.5 Å². The zero-order valence-electron chi connectivity index (χ0n) is 13.7. The van der Waals surface area contributed by atoms with Crippen LogP contribution in [0.1, 0.15) is 25.7 Å². The minimum absolute atomic E-state index is 0.0206. The molecule has 1 heterocycles. The third-order valence-electron chi connectivity index (χ3n) is 4.99. The van der Waals surface area contributed by atoms with Crippen LogP contribution in [0.15, 0.2) is 58.3 Å². The van der Waals surface area contributed by atoms with Crippen molar-refractivity contribution in [2.45, 2.75) is 35.5 Å². The molecule has 2 unspecified atom stereocenters. The van der Waals surface area contributed by atoms with Crippen molar-refractivity contribution in [3.8, 4) is 0 Å². The van der Waals surface area contributed by atoms with Gasteiger partial charge < -0.3 is 0 Å². The average molecular weight is 372 g/mol. The summed E-state index contributed by atoms with van der Waals surface area (Å²) in [7, 11) is 0. The van der Waals surface area contributed by atoms with E-state index in [1.807, 2.05) is 48.5 Å². The highest BCUT2D eigenvalue weighted by molar-refractivity contribution is 7.99. The summed E-state index contributed by atoms with van der Waals surface area (Å²) in [5, 5.41) is 0.715. The quantitative estimate of drug-likeness (QED) is 0.698. The molecular formula is C20H18ClNO2S. The predicted molar refractivity (Wildman–Crippen MR) is 100.0 cm³/mol. The molecule has 1 aliphatic heterocycles. The van der Waals surface area contributed by atoms with E-state index in [2.05, 4.69) is 0 Å². The molecule has 1 saturated carbocycles. The number of carbonyl (C=O) groups excluding carboxylic acids is 2. The van der Waals surface area contributed by atoms with Gasteiger partial charge in [0.1, 0.15) is 0 Å². The number of hydrogen-bond acceptors (Lipinski definition) is 3. The highest BCUT2D eigenvalue weighted by Crippen LogP contribution is 2.40. The second-order valence-electron chi connectivity index (χ2n) is 6.56. The lowest BCUT2D eigenvalue weighted by atomic mass is 9.81. The minimum Gasteiger partial charge on any atom is -0.274 e. The molecule has 0 radical (unpaired) electrons. The highest BCUT2D eigenvalue weighted by atomic mass is 35.5. The molecular weight excluding hydrogens is 354 g/mol. The number of carbonyl (C=O) groups is 2. The number of anilines is 1. The fourth-order valence-electron chi connectivity index (χ4n) is 3.72. The summed E-state index contributed by atoms with van der Waals surface area (Å²) in [6.45, 7) is 0. The van der Waals surface area contributed by atoms with Crippen molar-refractivity contribution >= 4 is 40.9 Å². The van der Waals surface area contributed by atoms with E-state index in [1.54, 1.807) is 11.8 Å². The van der Waals surface area contributed by atoms with Gasteiger partial charge in [-0.25, -0.2) is 0 Å². The van der Waals surface area contributed by atoms with Crippen LogP contribution in [0.4, 0.5) is 5.69 Å². The molecule has 0 bridgehead atoms. The van der Waals surface area contributed by atoms with Gasteiger partial charge >= 0.3 is 0 Å². The molecule has 2 aromatic carbocycles. The van der Waals surface area contributed by atoms with Crippen LogP contribution in [0, 0.1) is 11.8 Å². The van der Waals surface area contributed by atoms with E-state index >= 15 is 0 Å². The predicted octanol–water partition coefficient (Wildman–Crippen LogP) is 5.17. The standard InChI is InChI=1S/C20H18ClNO2S/c21-13-5-9-15(10-6-13)25-16-11-7-14(8-12-16)22-19(23)17-3-1-2-4-18(17)20(22)24/h5-12,17-18H,1-4H2. The van der Waals surface area contributed by atoms with E-state index in [4.69, 9.17) is 11.6 Å². The Bertz CT molecular complexity index is 779. The van der Waals surface area contributed by atoms with Crippen LogP contribution >= 0.6 is 23.4 Å². The van der Waals surface area contributed by atoms with E-state index < -0.39 is 0 Å². The summed E-state index contributed by atoms with van der Waals surface area (Å²) < 4.78 is 0. The summed E-state index contributed by atoms with van der Waals surface area (Å²) >= 11 is 7.53. The van der Waals surface area contributed by atoms with Gasteiger partial charge in [0.25, 0.3) is 0 Å². The first-order valence-electron chi connectivity index (χ1n) is 8.55. The van der Waals surface area contributed by atoms with Crippen LogP contribution in [-0.2, 0) is 9.59 Å². The number of fused-ring (bicyclic) bond motifs is 1. The summed E-state index contributed by atoms with van der Waals surface area (Å²) in [5.41, 5.74) is 0.685. The summed E-state index contributed by atoms with van der Waals surface area (Å²) in [6.07, 6.45) is 3.78.